The summed E-state index contributed by atoms with van der Waals surface area (Å²) in [4.78, 5) is 0. The zero-order chi connectivity index (χ0) is 15.8. The summed E-state index contributed by atoms with van der Waals surface area (Å²) in [6.45, 7) is 0. The molecule has 0 bridgehead atoms. The summed E-state index contributed by atoms with van der Waals surface area (Å²) in [5, 5.41) is 3.45. The SMILES string of the molecule is [B]c1ccc(N)c(-c2cccc3c2NC(c2ccccc2)O3)c1. The Kier molecular flexibility index (Phi) is 3.23. The van der Waals surface area contributed by atoms with E-state index in [2.05, 4.69) is 5.32 Å². The molecule has 4 heteroatoms. The molecule has 4 rings (SSSR count). The quantitative estimate of drug-likeness (QED) is 0.564. The molecule has 0 saturated carbocycles. The van der Waals surface area contributed by atoms with Crippen LogP contribution in [0.3, 0.4) is 0 Å². The van der Waals surface area contributed by atoms with E-state index in [1.54, 1.807) is 6.07 Å². The Morgan fingerprint density at radius 1 is 0.913 bits per heavy atom. The molecule has 1 aliphatic heterocycles. The highest BCUT2D eigenvalue weighted by molar-refractivity contribution is 6.32. The van der Waals surface area contributed by atoms with Gasteiger partial charge in [-0.25, -0.2) is 0 Å². The predicted molar refractivity (Wildman–Crippen MR) is 95.1 cm³/mol. The van der Waals surface area contributed by atoms with Crippen LogP contribution in [0.2, 0.25) is 0 Å². The van der Waals surface area contributed by atoms with Crippen molar-refractivity contribution >= 4 is 24.7 Å². The lowest BCUT2D eigenvalue weighted by Gasteiger charge is -2.12. The van der Waals surface area contributed by atoms with Crippen molar-refractivity contribution in [2.75, 3.05) is 11.1 Å². The molecule has 0 spiro atoms. The molecule has 1 atom stereocenters. The molecular weight excluding hydrogens is 283 g/mol. The van der Waals surface area contributed by atoms with Crippen LogP contribution in [0.5, 0.6) is 5.75 Å². The minimum atomic E-state index is -0.199. The number of nitrogens with one attached hydrogen (secondary N) is 1. The number of benzene rings is 3. The molecule has 2 radical (unpaired) electrons. The molecule has 0 amide bonds. The molecule has 1 aliphatic rings. The molecule has 110 valence electrons. The first-order chi connectivity index (χ1) is 11.2. The second-order valence-electron chi connectivity index (χ2n) is 5.58. The maximum absolute atomic E-state index is 6.14. The average Bonchev–Trinajstić information content (AvgIpc) is 3.02. The Morgan fingerprint density at radius 2 is 1.74 bits per heavy atom. The van der Waals surface area contributed by atoms with E-state index < -0.39 is 0 Å². The molecule has 0 fully saturated rings. The third-order valence-electron chi connectivity index (χ3n) is 4.02. The van der Waals surface area contributed by atoms with Crippen molar-refractivity contribution in [3.8, 4) is 16.9 Å². The molecule has 1 unspecified atom stereocenters. The molecule has 0 saturated heterocycles. The van der Waals surface area contributed by atoms with Gasteiger partial charge in [-0.05, 0) is 12.1 Å². The van der Waals surface area contributed by atoms with Gasteiger partial charge in [-0.2, -0.15) is 0 Å². The third kappa shape index (κ3) is 2.42. The monoisotopic (exact) mass is 298 g/mol. The topological polar surface area (TPSA) is 47.3 Å². The number of nitrogens with two attached hydrogens (primary N) is 1. The first kappa shape index (κ1) is 13.8. The molecule has 0 aromatic heterocycles. The summed E-state index contributed by atoms with van der Waals surface area (Å²) in [5.41, 5.74) is 11.4. The Bertz CT molecular complexity index is 864. The maximum atomic E-state index is 6.14. The van der Waals surface area contributed by atoms with Crippen LogP contribution in [-0.4, -0.2) is 7.85 Å². The van der Waals surface area contributed by atoms with E-state index in [4.69, 9.17) is 18.3 Å². The maximum Gasteiger partial charge on any atom is 0.196 e. The lowest BCUT2D eigenvalue weighted by molar-refractivity contribution is 0.260. The van der Waals surface area contributed by atoms with E-state index in [9.17, 15) is 0 Å². The lowest BCUT2D eigenvalue weighted by atomic mass is 9.90. The minimum absolute atomic E-state index is 0.199. The fraction of sp³-hybridized carbons (Fsp3) is 0.0526. The van der Waals surface area contributed by atoms with E-state index in [1.165, 1.54) is 0 Å². The number of rotatable bonds is 2. The van der Waals surface area contributed by atoms with Crippen molar-refractivity contribution in [3.05, 3.63) is 72.3 Å². The van der Waals surface area contributed by atoms with Crippen LogP contribution in [-0.2, 0) is 0 Å². The highest BCUT2D eigenvalue weighted by Crippen LogP contribution is 2.45. The molecule has 0 aliphatic carbocycles. The molecule has 23 heavy (non-hydrogen) atoms. The molecular formula is C19H15BN2O. The van der Waals surface area contributed by atoms with Gasteiger partial charge in [-0.3, -0.25) is 0 Å². The summed E-state index contributed by atoms with van der Waals surface area (Å²) in [6, 6.07) is 21.5. The smallest absolute Gasteiger partial charge is 0.196 e. The Labute approximate surface area is 136 Å². The fourth-order valence-corrected chi connectivity index (χ4v) is 2.88. The number of nitrogen functional groups attached to an aromatic ring is 1. The highest BCUT2D eigenvalue weighted by Gasteiger charge is 2.26. The summed E-state index contributed by atoms with van der Waals surface area (Å²) in [6.07, 6.45) is -0.199. The third-order valence-corrected chi connectivity index (χ3v) is 4.02. The van der Waals surface area contributed by atoms with Crippen molar-refractivity contribution in [3.63, 3.8) is 0 Å². The predicted octanol–water partition coefficient (Wildman–Crippen LogP) is 3.23. The van der Waals surface area contributed by atoms with Gasteiger partial charge < -0.3 is 15.8 Å². The van der Waals surface area contributed by atoms with Crippen LogP contribution in [0, 0.1) is 0 Å². The summed E-state index contributed by atoms with van der Waals surface area (Å²) < 4.78 is 6.04. The zero-order valence-corrected chi connectivity index (χ0v) is 12.5. The van der Waals surface area contributed by atoms with Crippen LogP contribution in [0.25, 0.3) is 11.1 Å². The van der Waals surface area contributed by atoms with Gasteiger partial charge in [-0.15, -0.1) is 0 Å². The second-order valence-corrected chi connectivity index (χ2v) is 5.58. The molecule has 3 aromatic rings. The van der Waals surface area contributed by atoms with Gasteiger partial charge in [0.15, 0.2) is 6.23 Å². The Balaban J connectivity index is 1.77. The van der Waals surface area contributed by atoms with Crippen LogP contribution in [0.1, 0.15) is 11.8 Å². The van der Waals surface area contributed by atoms with Crippen molar-refractivity contribution in [2.24, 2.45) is 0 Å². The molecule has 3 N–H and O–H groups in total. The second kappa shape index (κ2) is 5.40. The summed E-state index contributed by atoms with van der Waals surface area (Å²) in [5.74, 6) is 0.818. The average molecular weight is 298 g/mol. The van der Waals surface area contributed by atoms with Crippen LogP contribution >= 0.6 is 0 Å². The zero-order valence-electron chi connectivity index (χ0n) is 12.5. The highest BCUT2D eigenvalue weighted by atomic mass is 16.5. The number of fused-ring (bicyclic) bond motifs is 1. The summed E-state index contributed by atoms with van der Waals surface area (Å²) in [7, 11) is 5.92. The standard InChI is InChI=1S/C19H15BN2O/c20-13-9-10-16(21)15(11-13)14-7-4-8-17-18(14)22-19(23-17)12-5-2-1-3-6-12/h1-11,19,22H,21H2. The van der Waals surface area contributed by atoms with E-state index in [1.807, 2.05) is 60.7 Å². The van der Waals surface area contributed by atoms with Crippen LogP contribution in [0.15, 0.2) is 66.7 Å². The first-order valence-electron chi connectivity index (χ1n) is 7.49. The Morgan fingerprint density at radius 3 is 2.57 bits per heavy atom. The molecule has 1 heterocycles. The molecule has 3 nitrogen and oxygen atoms in total. The van der Waals surface area contributed by atoms with Crippen molar-refractivity contribution < 1.29 is 4.74 Å². The van der Waals surface area contributed by atoms with Crippen LogP contribution < -0.4 is 21.3 Å². The Hall–Kier alpha value is -2.88. The molecule has 3 aromatic carbocycles. The van der Waals surface area contributed by atoms with E-state index in [0.717, 1.165) is 28.1 Å². The largest absolute Gasteiger partial charge is 0.464 e. The van der Waals surface area contributed by atoms with Gasteiger partial charge in [0.25, 0.3) is 0 Å². The van der Waals surface area contributed by atoms with Crippen LogP contribution in [0.4, 0.5) is 11.4 Å². The lowest BCUT2D eigenvalue weighted by Crippen LogP contribution is -2.10. The van der Waals surface area contributed by atoms with Gasteiger partial charge in [-0.1, -0.05) is 60.1 Å². The van der Waals surface area contributed by atoms with Gasteiger partial charge in [0.2, 0.25) is 0 Å². The minimum Gasteiger partial charge on any atom is -0.464 e. The van der Waals surface area contributed by atoms with E-state index in [-0.39, 0.29) is 6.23 Å². The van der Waals surface area contributed by atoms with Gasteiger partial charge in [0, 0.05) is 22.4 Å². The number of para-hydroxylation sites is 1. The van der Waals surface area contributed by atoms with Gasteiger partial charge in [0.1, 0.15) is 13.6 Å². The summed E-state index contributed by atoms with van der Waals surface area (Å²) >= 11 is 0. The normalized spacial score (nSPS) is 15.6. The van der Waals surface area contributed by atoms with E-state index >= 15 is 0 Å². The van der Waals surface area contributed by atoms with Gasteiger partial charge >= 0.3 is 0 Å². The van der Waals surface area contributed by atoms with Gasteiger partial charge in [0.05, 0.1) is 5.69 Å². The van der Waals surface area contributed by atoms with Crippen molar-refractivity contribution in [1.29, 1.82) is 0 Å². The number of ether oxygens (including phenoxy) is 1. The first-order valence-corrected chi connectivity index (χ1v) is 7.49. The fourth-order valence-electron chi connectivity index (χ4n) is 2.88. The van der Waals surface area contributed by atoms with E-state index in [0.29, 0.717) is 11.2 Å². The number of hydrogen-bond acceptors (Lipinski definition) is 3. The van der Waals surface area contributed by atoms with Crippen molar-refractivity contribution in [1.82, 2.24) is 0 Å². The van der Waals surface area contributed by atoms with Crippen molar-refractivity contribution in [2.45, 2.75) is 6.23 Å². The number of anilines is 2. The number of hydrogen-bond donors (Lipinski definition) is 2.